The molecule has 92 valence electrons. The van der Waals surface area contributed by atoms with Crippen molar-refractivity contribution in [2.24, 2.45) is 5.73 Å². The maximum atomic E-state index is 12.5. The van der Waals surface area contributed by atoms with Crippen LogP contribution < -0.4 is 11.1 Å². The molecule has 1 fully saturated rings. The molecule has 5 heteroatoms. The van der Waals surface area contributed by atoms with Gasteiger partial charge in [0.25, 0.3) is 6.43 Å². The smallest absolute Gasteiger partial charge is 0.263 e. The number of hydrogen-bond acceptors (Lipinski definition) is 2. The fourth-order valence-electron chi connectivity index (χ4n) is 1.70. The van der Waals surface area contributed by atoms with Gasteiger partial charge < -0.3 is 5.73 Å². The number of nitrogens with two attached hydrogens (primary N) is 1. The first-order valence-corrected chi connectivity index (χ1v) is 5.51. The fraction of sp³-hybridized carbons (Fsp3) is 0.417. The Bertz CT molecular complexity index is 419. The predicted octanol–water partition coefficient (Wildman–Crippen LogP) is 1.90. The standard InChI is InChI=1S/C12H14F2N2O/c13-11(14)8-3-1-2-7(6-8)10(12(15)17)16-9-4-5-9/h1-3,6,9-11,16H,4-5H2,(H2,15,17). The molecule has 0 radical (unpaired) electrons. The summed E-state index contributed by atoms with van der Waals surface area (Å²) in [5.41, 5.74) is 5.69. The van der Waals surface area contributed by atoms with Crippen molar-refractivity contribution in [3.63, 3.8) is 0 Å². The summed E-state index contributed by atoms with van der Waals surface area (Å²) in [6.07, 6.45) is -0.541. The minimum absolute atomic E-state index is 0.0913. The van der Waals surface area contributed by atoms with Crippen molar-refractivity contribution in [1.29, 1.82) is 0 Å². The topological polar surface area (TPSA) is 55.1 Å². The van der Waals surface area contributed by atoms with E-state index in [1.807, 2.05) is 0 Å². The monoisotopic (exact) mass is 240 g/mol. The highest BCUT2D eigenvalue weighted by Crippen LogP contribution is 2.26. The first-order chi connectivity index (χ1) is 8.08. The third kappa shape index (κ3) is 3.00. The highest BCUT2D eigenvalue weighted by molar-refractivity contribution is 5.81. The number of carbonyl (C=O) groups excluding carboxylic acids is 1. The Hall–Kier alpha value is -1.49. The first-order valence-electron chi connectivity index (χ1n) is 5.51. The Balaban J connectivity index is 2.21. The van der Waals surface area contributed by atoms with Crippen LogP contribution in [-0.2, 0) is 4.79 Å². The number of benzene rings is 1. The van der Waals surface area contributed by atoms with Gasteiger partial charge in [0.1, 0.15) is 6.04 Å². The van der Waals surface area contributed by atoms with Crippen LogP contribution in [0.25, 0.3) is 0 Å². The molecule has 0 aliphatic heterocycles. The summed E-state index contributed by atoms with van der Waals surface area (Å²) in [5.74, 6) is -0.539. The Morgan fingerprint density at radius 1 is 1.35 bits per heavy atom. The van der Waals surface area contributed by atoms with Gasteiger partial charge in [-0.25, -0.2) is 8.78 Å². The summed E-state index contributed by atoms with van der Waals surface area (Å²) in [5, 5.41) is 3.05. The summed E-state index contributed by atoms with van der Waals surface area (Å²) >= 11 is 0. The van der Waals surface area contributed by atoms with E-state index in [1.54, 1.807) is 6.07 Å². The summed E-state index contributed by atoms with van der Waals surface area (Å²) < 4.78 is 25.1. The molecule has 1 aliphatic carbocycles. The van der Waals surface area contributed by atoms with Crippen LogP contribution in [0.5, 0.6) is 0 Å². The molecular formula is C12H14F2N2O. The van der Waals surface area contributed by atoms with Gasteiger partial charge in [-0.3, -0.25) is 10.1 Å². The van der Waals surface area contributed by atoms with Crippen molar-refractivity contribution in [2.75, 3.05) is 0 Å². The SMILES string of the molecule is NC(=O)C(NC1CC1)c1cccc(C(F)F)c1. The van der Waals surface area contributed by atoms with E-state index in [0.29, 0.717) is 5.56 Å². The number of amides is 1. The summed E-state index contributed by atoms with van der Waals surface area (Å²) in [6, 6.07) is 5.42. The fourth-order valence-corrected chi connectivity index (χ4v) is 1.70. The minimum Gasteiger partial charge on any atom is -0.368 e. The quantitative estimate of drug-likeness (QED) is 0.826. The molecule has 1 unspecified atom stereocenters. The van der Waals surface area contributed by atoms with Crippen molar-refractivity contribution in [1.82, 2.24) is 5.32 Å². The molecule has 0 saturated heterocycles. The van der Waals surface area contributed by atoms with Gasteiger partial charge in [-0.2, -0.15) is 0 Å². The van der Waals surface area contributed by atoms with Gasteiger partial charge >= 0.3 is 0 Å². The molecule has 17 heavy (non-hydrogen) atoms. The third-order valence-corrected chi connectivity index (χ3v) is 2.76. The molecule has 1 atom stereocenters. The molecule has 1 aromatic rings. The number of primary amides is 1. The van der Waals surface area contributed by atoms with Gasteiger partial charge in [-0.05, 0) is 24.5 Å². The molecule has 0 spiro atoms. The lowest BCUT2D eigenvalue weighted by atomic mass is 10.0. The largest absolute Gasteiger partial charge is 0.368 e. The van der Waals surface area contributed by atoms with Crippen LogP contribution in [0.3, 0.4) is 0 Å². The number of halogens is 2. The molecular weight excluding hydrogens is 226 g/mol. The molecule has 0 heterocycles. The van der Waals surface area contributed by atoms with Gasteiger partial charge in [-0.1, -0.05) is 18.2 Å². The van der Waals surface area contributed by atoms with E-state index in [1.165, 1.54) is 18.2 Å². The Labute approximate surface area is 98.0 Å². The highest BCUT2D eigenvalue weighted by Gasteiger charge is 2.28. The zero-order chi connectivity index (χ0) is 12.4. The summed E-state index contributed by atoms with van der Waals surface area (Å²) in [7, 11) is 0. The number of carbonyl (C=O) groups is 1. The molecule has 3 N–H and O–H groups in total. The van der Waals surface area contributed by atoms with E-state index >= 15 is 0 Å². The zero-order valence-electron chi connectivity index (χ0n) is 9.20. The van der Waals surface area contributed by atoms with E-state index in [-0.39, 0.29) is 11.6 Å². The first kappa shape index (κ1) is 12.0. The Morgan fingerprint density at radius 2 is 2.00 bits per heavy atom. The lowest BCUT2D eigenvalue weighted by Gasteiger charge is -2.16. The second-order valence-corrected chi connectivity index (χ2v) is 4.25. The summed E-state index contributed by atoms with van der Waals surface area (Å²) in [6.45, 7) is 0. The minimum atomic E-state index is -2.54. The lowest BCUT2D eigenvalue weighted by Crippen LogP contribution is -2.34. The molecule has 3 nitrogen and oxygen atoms in total. The molecule has 0 bridgehead atoms. The molecule has 1 saturated carbocycles. The average Bonchev–Trinajstić information content (AvgIpc) is 3.09. The van der Waals surface area contributed by atoms with Gasteiger partial charge in [0.05, 0.1) is 0 Å². The molecule has 2 rings (SSSR count). The van der Waals surface area contributed by atoms with Crippen LogP contribution in [0.1, 0.15) is 36.4 Å². The Kier molecular flexibility index (Phi) is 3.38. The normalized spacial score (nSPS) is 17.1. The van der Waals surface area contributed by atoms with Gasteiger partial charge in [0.2, 0.25) is 5.91 Å². The number of rotatable bonds is 5. The molecule has 1 aromatic carbocycles. The van der Waals surface area contributed by atoms with Crippen molar-refractivity contribution in [2.45, 2.75) is 31.4 Å². The van der Waals surface area contributed by atoms with Crippen LogP contribution in [0.2, 0.25) is 0 Å². The second kappa shape index (κ2) is 4.79. The number of alkyl halides is 2. The number of nitrogens with one attached hydrogen (secondary N) is 1. The van der Waals surface area contributed by atoms with Crippen LogP contribution in [0.4, 0.5) is 8.78 Å². The zero-order valence-corrected chi connectivity index (χ0v) is 9.20. The van der Waals surface area contributed by atoms with Crippen molar-refractivity contribution >= 4 is 5.91 Å². The van der Waals surface area contributed by atoms with Crippen LogP contribution in [0, 0.1) is 0 Å². The molecule has 0 aromatic heterocycles. The third-order valence-electron chi connectivity index (χ3n) is 2.76. The summed E-state index contributed by atoms with van der Waals surface area (Å²) in [4.78, 5) is 11.3. The Morgan fingerprint density at radius 3 is 2.53 bits per heavy atom. The van der Waals surface area contributed by atoms with Gasteiger partial charge in [0, 0.05) is 11.6 Å². The van der Waals surface area contributed by atoms with Gasteiger partial charge in [0.15, 0.2) is 0 Å². The van der Waals surface area contributed by atoms with Crippen LogP contribution in [0.15, 0.2) is 24.3 Å². The van der Waals surface area contributed by atoms with Crippen molar-refractivity contribution in [3.05, 3.63) is 35.4 Å². The lowest BCUT2D eigenvalue weighted by molar-refractivity contribution is -0.120. The predicted molar refractivity (Wildman–Crippen MR) is 59.5 cm³/mol. The maximum absolute atomic E-state index is 12.5. The van der Waals surface area contributed by atoms with Crippen LogP contribution in [-0.4, -0.2) is 11.9 Å². The maximum Gasteiger partial charge on any atom is 0.263 e. The van der Waals surface area contributed by atoms with Crippen molar-refractivity contribution < 1.29 is 13.6 Å². The second-order valence-electron chi connectivity index (χ2n) is 4.25. The van der Waals surface area contributed by atoms with E-state index in [2.05, 4.69) is 5.32 Å². The van der Waals surface area contributed by atoms with Crippen LogP contribution >= 0.6 is 0 Å². The average molecular weight is 240 g/mol. The van der Waals surface area contributed by atoms with E-state index < -0.39 is 18.4 Å². The van der Waals surface area contributed by atoms with E-state index in [0.717, 1.165) is 12.8 Å². The molecule has 1 aliphatic rings. The highest BCUT2D eigenvalue weighted by atomic mass is 19.3. The van der Waals surface area contributed by atoms with Crippen molar-refractivity contribution in [3.8, 4) is 0 Å². The van der Waals surface area contributed by atoms with Gasteiger partial charge in [-0.15, -0.1) is 0 Å². The van der Waals surface area contributed by atoms with E-state index in [9.17, 15) is 13.6 Å². The van der Waals surface area contributed by atoms with E-state index in [4.69, 9.17) is 5.73 Å². The number of hydrogen-bond donors (Lipinski definition) is 2. The molecule has 1 amide bonds.